The second-order valence-corrected chi connectivity index (χ2v) is 5.58. The molecule has 0 spiro atoms. The van der Waals surface area contributed by atoms with Crippen molar-refractivity contribution >= 4 is 34.2 Å². The molecule has 0 N–H and O–H groups in total. The second-order valence-electron chi connectivity index (χ2n) is 3.97. The lowest BCUT2D eigenvalue weighted by molar-refractivity contribution is 0.626. The lowest BCUT2D eigenvalue weighted by Crippen LogP contribution is -1.88. The molecule has 0 saturated carbocycles. The maximum Gasteiger partial charge on any atom is 0.134 e. The Morgan fingerprint density at radius 3 is 2.79 bits per heavy atom. The molecule has 0 aliphatic carbocycles. The van der Waals surface area contributed by atoms with Gasteiger partial charge in [0.1, 0.15) is 16.9 Å². The molecule has 19 heavy (non-hydrogen) atoms. The van der Waals surface area contributed by atoms with Gasteiger partial charge in [0.25, 0.3) is 0 Å². The maximum absolute atomic E-state index is 13.6. The monoisotopic (exact) mass is 292 g/mol. The summed E-state index contributed by atoms with van der Waals surface area (Å²) < 4.78 is 13.6. The second kappa shape index (κ2) is 5.52. The Morgan fingerprint density at radius 2 is 2.16 bits per heavy atom. The van der Waals surface area contributed by atoms with E-state index in [-0.39, 0.29) is 5.56 Å². The van der Waals surface area contributed by atoms with Gasteiger partial charge in [0.15, 0.2) is 0 Å². The van der Waals surface area contributed by atoms with E-state index in [0.29, 0.717) is 15.6 Å². The average molecular weight is 293 g/mol. The van der Waals surface area contributed by atoms with Gasteiger partial charge in [-0.2, -0.15) is 5.26 Å². The van der Waals surface area contributed by atoms with Crippen molar-refractivity contribution in [3.05, 3.63) is 50.6 Å². The highest BCUT2D eigenvalue weighted by Crippen LogP contribution is 2.34. The van der Waals surface area contributed by atoms with Crippen LogP contribution in [0.3, 0.4) is 0 Å². The number of aliphatic imine (C=N–C) groups is 1. The minimum Gasteiger partial charge on any atom is -0.244 e. The molecule has 0 radical (unpaired) electrons. The molecule has 2 nitrogen and oxygen atoms in total. The zero-order valence-electron chi connectivity index (χ0n) is 10.4. The van der Waals surface area contributed by atoms with Crippen LogP contribution in [0, 0.1) is 31.0 Å². The molecule has 1 heterocycles. The Labute approximate surface area is 119 Å². The minimum atomic E-state index is -0.431. The molecule has 2 aromatic rings. The van der Waals surface area contributed by atoms with E-state index in [1.54, 1.807) is 6.07 Å². The van der Waals surface area contributed by atoms with Crippen molar-refractivity contribution in [2.24, 2.45) is 4.99 Å². The predicted octanol–water partition coefficient (Wildman–Crippen LogP) is 4.78. The molecule has 5 heteroatoms. The van der Waals surface area contributed by atoms with E-state index < -0.39 is 5.82 Å². The minimum absolute atomic E-state index is 0.233. The highest BCUT2D eigenvalue weighted by molar-refractivity contribution is 7.16. The molecule has 0 unspecified atom stereocenters. The van der Waals surface area contributed by atoms with Gasteiger partial charge in [-0.3, -0.25) is 0 Å². The van der Waals surface area contributed by atoms with Crippen LogP contribution >= 0.6 is 22.9 Å². The van der Waals surface area contributed by atoms with Crippen LogP contribution in [0.4, 0.5) is 9.39 Å². The largest absolute Gasteiger partial charge is 0.244 e. The molecule has 96 valence electrons. The van der Waals surface area contributed by atoms with Crippen molar-refractivity contribution in [1.82, 2.24) is 0 Å². The maximum atomic E-state index is 13.6. The Kier molecular flexibility index (Phi) is 3.98. The van der Waals surface area contributed by atoms with E-state index in [1.165, 1.54) is 29.7 Å². The van der Waals surface area contributed by atoms with Crippen LogP contribution in [0.2, 0.25) is 5.02 Å². The molecule has 0 bridgehead atoms. The zero-order chi connectivity index (χ0) is 14.0. The number of halogens is 2. The summed E-state index contributed by atoms with van der Waals surface area (Å²) in [7, 11) is 0. The standard InChI is InChI=1S/C14H10ClFN2S/c1-8-9(2)19-14(10(8)6-17)18-7-11-12(15)4-3-5-13(11)16/h3-5,7H,1-2H3. The Morgan fingerprint density at radius 1 is 1.42 bits per heavy atom. The van der Waals surface area contributed by atoms with Crippen molar-refractivity contribution in [3.8, 4) is 6.07 Å². The van der Waals surface area contributed by atoms with Gasteiger partial charge in [-0.25, -0.2) is 9.38 Å². The van der Waals surface area contributed by atoms with Crippen LogP contribution in [-0.2, 0) is 0 Å². The van der Waals surface area contributed by atoms with Crippen molar-refractivity contribution < 1.29 is 4.39 Å². The van der Waals surface area contributed by atoms with E-state index in [0.717, 1.165) is 10.4 Å². The molecule has 0 aliphatic heterocycles. The first-order valence-corrected chi connectivity index (χ1v) is 6.72. The first-order valence-electron chi connectivity index (χ1n) is 5.52. The highest BCUT2D eigenvalue weighted by Gasteiger charge is 2.11. The molecule has 0 fully saturated rings. The quantitative estimate of drug-likeness (QED) is 0.734. The highest BCUT2D eigenvalue weighted by atomic mass is 35.5. The summed E-state index contributed by atoms with van der Waals surface area (Å²) >= 11 is 7.32. The van der Waals surface area contributed by atoms with Crippen LogP contribution in [-0.4, -0.2) is 6.21 Å². The van der Waals surface area contributed by atoms with Crippen LogP contribution in [0.25, 0.3) is 0 Å². The van der Waals surface area contributed by atoms with Gasteiger partial charge in [-0.05, 0) is 31.5 Å². The SMILES string of the molecule is Cc1sc(N=Cc2c(F)cccc2Cl)c(C#N)c1C. The molecule has 0 aliphatic rings. The fourth-order valence-electron chi connectivity index (χ4n) is 1.59. The molecule has 2 rings (SSSR count). The van der Waals surface area contributed by atoms with Gasteiger partial charge >= 0.3 is 0 Å². The number of nitriles is 1. The van der Waals surface area contributed by atoms with Crippen molar-refractivity contribution in [1.29, 1.82) is 5.26 Å². The van der Waals surface area contributed by atoms with Gasteiger partial charge < -0.3 is 0 Å². The number of hydrogen-bond acceptors (Lipinski definition) is 3. The number of benzene rings is 1. The summed E-state index contributed by atoms with van der Waals surface area (Å²) in [5.41, 5.74) is 1.68. The van der Waals surface area contributed by atoms with Gasteiger partial charge in [0, 0.05) is 16.7 Å². The number of rotatable bonds is 2. The van der Waals surface area contributed by atoms with E-state index in [9.17, 15) is 4.39 Å². The fraction of sp³-hybridized carbons (Fsp3) is 0.143. The van der Waals surface area contributed by atoms with Gasteiger partial charge in [-0.1, -0.05) is 17.7 Å². The summed E-state index contributed by atoms with van der Waals surface area (Å²) in [6.07, 6.45) is 1.36. The summed E-state index contributed by atoms with van der Waals surface area (Å²) in [5.74, 6) is -0.431. The molecule has 0 amide bonds. The van der Waals surface area contributed by atoms with E-state index in [4.69, 9.17) is 16.9 Å². The third-order valence-electron chi connectivity index (χ3n) is 2.79. The Hall–Kier alpha value is -1.70. The van der Waals surface area contributed by atoms with Gasteiger partial charge in [-0.15, -0.1) is 11.3 Å². The summed E-state index contributed by atoms with van der Waals surface area (Å²) in [4.78, 5) is 5.23. The number of nitrogens with zero attached hydrogens (tertiary/aromatic N) is 2. The number of thiophene rings is 1. The summed E-state index contributed by atoms with van der Waals surface area (Å²) in [5, 5.41) is 9.98. The normalized spacial score (nSPS) is 10.9. The summed E-state index contributed by atoms with van der Waals surface area (Å²) in [6, 6.07) is 6.58. The molecule has 1 aromatic carbocycles. The van der Waals surface area contributed by atoms with E-state index in [2.05, 4.69) is 11.1 Å². The Balaban J connectivity index is 2.45. The van der Waals surface area contributed by atoms with E-state index in [1.807, 2.05) is 13.8 Å². The molecule has 0 atom stereocenters. The topological polar surface area (TPSA) is 36.1 Å². The van der Waals surface area contributed by atoms with E-state index >= 15 is 0 Å². The Bertz CT molecular complexity index is 678. The molecular formula is C14H10ClFN2S. The third kappa shape index (κ3) is 2.67. The lowest BCUT2D eigenvalue weighted by Gasteiger charge is -1.98. The first kappa shape index (κ1) is 13.7. The zero-order valence-corrected chi connectivity index (χ0v) is 11.9. The molecule has 1 aromatic heterocycles. The molecular weight excluding hydrogens is 283 g/mol. The number of hydrogen-bond donors (Lipinski definition) is 0. The van der Waals surface area contributed by atoms with Crippen LogP contribution in [0.1, 0.15) is 21.6 Å². The fourth-order valence-corrected chi connectivity index (χ4v) is 2.75. The van der Waals surface area contributed by atoms with Crippen LogP contribution in [0.5, 0.6) is 0 Å². The lowest BCUT2D eigenvalue weighted by atomic mass is 10.2. The van der Waals surface area contributed by atoms with Crippen molar-refractivity contribution in [2.75, 3.05) is 0 Å². The van der Waals surface area contributed by atoms with Gasteiger partial charge in [0.2, 0.25) is 0 Å². The van der Waals surface area contributed by atoms with Crippen molar-refractivity contribution in [3.63, 3.8) is 0 Å². The average Bonchev–Trinajstić information content (AvgIpc) is 2.64. The smallest absolute Gasteiger partial charge is 0.134 e. The van der Waals surface area contributed by atoms with Crippen molar-refractivity contribution in [2.45, 2.75) is 13.8 Å². The first-order chi connectivity index (χ1) is 9.04. The summed E-state index contributed by atoms with van der Waals surface area (Å²) in [6.45, 7) is 3.80. The molecule has 0 saturated heterocycles. The van der Waals surface area contributed by atoms with Crippen LogP contribution < -0.4 is 0 Å². The third-order valence-corrected chi connectivity index (χ3v) is 4.23. The number of aryl methyl sites for hydroxylation is 1. The predicted molar refractivity (Wildman–Crippen MR) is 77.2 cm³/mol. The van der Waals surface area contributed by atoms with Crippen LogP contribution in [0.15, 0.2) is 23.2 Å². The van der Waals surface area contributed by atoms with Gasteiger partial charge in [0.05, 0.1) is 10.6 Å².